The molecule has 0 aromatic heterocycles. The van der Waals surface area contributed by atoms with Crippen LogP contribution in [0.4, 0.5) is 18.9 Å². The van der Waals surface area contributed by atoms with Crippen LogP contribution < -0.4 is 10.1 Å². The fourth-order valence-corrected chi connectivity index (χ4v) is 2.57. The molecule has 1 N–H and O–H groups in total. The SMILES string of the molecule is COc1ccc(C)cc1NC(=O)CN(C)Cc1cccc(C(F)(F)F)c1. The van der Waals surface area contributed by atoms with Crippen molar-refractivity contribution in [1.29, 1.82) is 0 Å². The largest absolute Gasteiger partial charge is 0.495 e. The molecule has 0 aliphatic carbocycles. The van der Waals surface area contributed by atoms with Crippen molar-refractivity contribution in [2.75, 3.05) is 26.0 Å². The number of aryl methyl sites for hydroxylation is 1. The molecule has 0 bridgehead atoms. The summed E-state index contributed by atoms with van der Waals surface area (Å²) in [5.74, 6) is 0.271. The van der Waals surface area contributed by atoms with Crippen LogP contribution in [0.3, 0.4) is 0 Å². The van der Waals surface area contributed by atoms with E-state index in [2.05, 4.69) is 5.32 Å². The van der Waals surface area contributed by atoms with Gasteiger partial charge in [-0.3, -0.25) is 9.69 Å². The van der Waals surface area contributed by atoms with Crippen molar-refractivity contribution in [3.05, 3.63) is 59.2 Å². The van der Waals surface area contributed by atoms with E-state index in [-0.39, 0.29) is 19.0 Å². The number of hydrogen-bond donors (Lipinski definition) is 1. The number of nitrogens with zero attached hydrogens (tertiary/aromatic N) is 1. The molecule has 2 aromatic rings. The number of rotatable bonds is 6. The third-order valence-corrected chi connectivity index (χ3v) is 3.75. The number of anilines is 1. The number of carbonyl (C=O) groups excluding carboxylic acids is 1. The molecule has 0 unspecified atom stereocenters. The van der Waals surface area contributed by atoms with Gasteiger partial charge in [-0.15, -0.1) is 0 Å². The molecule has 4 nitrogen and oxygen atoms in total. The third kappa shape index (κ3) is 5.49. The molecular weight excluding hydrogens is 345 g/mol. The molecule has 0 spiro atoms. The second-order valence-electron chi connectivity index (χ2n) is 6.12. The number of ether oxygens (including phenoxy) is 1. The molecule has 0 fully saturated rings. The minimum Gasteiger partial charge on any atom is -0.495 e. The minimum atomic E-state index is -4.38. The maximum absolute atomic E-state index is 12.8. The molecule has 26 heavy (non-hydrogen) atoms. The predicted molar refractivity (Wildman–Crippen MR) is 94.1 cm³/mol. The molecule has 2 aromatic carbocycles. The second-order valence-corrected chi connectivity index (χ2v) is 6.12. The Bertz CT molecular complexity index is 776. The summed E-state index contributed by atoms with van der Waals surface area (Å²) in [7, 11) is 3.19. The quantitative estimate of drug-likeness (QED) is 0.837. The highest BCUT2D eigenvalue weighted by atomic mass is 19.4. The molecule has 0 atom stereocenters. The topological polar surface area (TPSA) is 41.6 Å². The summed E-state index contributed by atoms with van der Waals surface area (Å²) in [6.45, 7) is 2.16. The van der Waals surface area contributed by atoms with Gasteiger partial charge in [-0.25, -0.2) is 0 Å². The van der Waals surface area contributed by atoms with Gasteiger partial charge in [-0.2, -0.15) is 13.2 Å². The minimum absolute atomic E-state index is 0.0351. The van der Waals surface area contributed by atoms with Crippen molar-refractivity contribution in [1.82, 2.24) is 4.90 Å². The van der Waals surface area contributed by atoms with Gasteiger partial charge in [0.2, 0.25) is 5.91 Å². The van der Waals surface area contributed by atoms with Crippen LogP contribution in [-0.4, -0.2) is 31.5 Å². The predicted octanol–water partition coefficient (Wildman–Crippen LogP) is 4.09. The first-order valence-electron chi connectivity index (χ1n) is 7.98. The summed E-state index contributed by atoms with van der Waals surface area (Å²) in [5, 5.41) is 2.77. The van der Waals surface area contributed by atoms with E-state index in [4.69, 9.17) is 4.74 Å². The van der Waals surface area contributed by atoms with Crippen molar-refractivity contribution in [3.63, 3.8) is 0 Å². The highest BCUT2D eigenvalue weighted by molar-refractivity contribution is 5.93. The standard InChI is InChI=1S/C19H21F3N2O2/c1-13-7-8-17(26-3)16(9-13)23-18(25)12-24(2)11-14-5-4-6-15(10-14)19(20,21)22/h4-10H,11-12H2,1-3H3,(H,23,25). The Morgan fingerprint density at radius 2 is 1.92 bits per heavy atom. The molecule has 0 aliphatic rings. The highest BCUT2D eigenvalue weighted by Gasteiger charge is 2.30. The van der Waals surface area contributed by atoms with Gasteiger partial charge in [-0.05, 0) is 43.3 Å². The van der Waals surface area contributed by atoms with E-state index in [9.17, 15) is 18.0 Å². The molecule has 1 amide bonds. The molecule has 140 valence electrons. The zero-order valence-corrected chi connectivity index (χ0v) is 14.9. The third-order valence-electron chi connectivity index (χ3n) is 3.75. The van der Waals surface area contributed by atoms with E-state index in [1.807, 2.05) is 13.0 Å². The molecule has 0 saturated carbocycles. The first-order chi connectivity index (χ1) is 12.2. The van der Waals surface area contributed by atoms with Crippen molar-refractivity contribution in [3.8, 4) is 5.75 Å². The number of methoxy groups -OCH3 is 1. The second kappa shape index (κ2) is 8.23. The van der Waals surface area contributed by atoms with Crippen molar-refractivity contribution >= 4 is 11.6 Å². The van der Waals surface area contributed by atoms with E-state index >= 15 is 0 Å². The Balaban J connectivity index is 1.99. The van der Waals surface area contributed by atoms with Crippen LogP contribution >= 0.6 is 0 Å². The van der Waals surface area contributed by atoms with Crippen molar-refractivity contribution < 1.29 is 22.7 Å². The average Bonchev–Trinajstić information content (AvgIpc) is 2.54. The lowest BCUT2D eigenvalue weighted by molar-refractivity contribution is -0.137. The lowest BCUT2D eigenvalue weighted by Crippen LogP contribution is -2.30. The number of benzene rings is 2. The van der Waals surface area contributed by atoms with Gasteiger partial charge in [-0.1, -0.05) is 24.3 Å². The van der Waals surface area contributed by atoms with Gasteiger partial charge >= 0.3 is 6.18 Å². The summed E-state index contributed by atoms with van der Waals surface area (Å²) in [6.07, 6.45) is -4.38. The normalized spacial score (nSPS) is 11.5. The summed E-state index contributed by atoms with van der Waals surface area (Å²) < 4.78 is 43.5. The van der Waals surface area contributed by atoms with E-state index in [0.717, 1.165) is 17.7 Å². The average molecular weight is 366 g/mol. The Morgan fingerprint density at radius 1 is 1.19 bits per heavy atom. The summed E-state index contributed by atoms with van der Waals surface area (Å²) in [5.41, 5.74) is 1.32. The molecular formula is C19H21F3N2O2. The monoisotopic (exact) mass is 366 g/mol. The molecule has 0 aliphatic heterocycles. The van der Waals surface area contributed by atoms with Gasteiger partial charge in [0, 0.05) is 6.54 Å². The number of hydrogen-bond acceptors (Lipinski definition) is 3. The lowest BCUT2D eigenvalue weighted by atomic mass is 10.1. The fourth-order valence-electron chi connectivity index (χ4n) is 2.57. The molecule has 2 rings (SSSR count). The van der Waals surface area contributed by atoms with Crippen LogP contribution in [0.5, 0.6) is 5.75 Å². The van der Waals surface area contributed by atoms with Gasteiger partial charge < -0.3 is 10.1 Å². The van der Waals surface area contributed by atoms with Crippen LogP contribution in [0.2, 0.25) is 0 Å². The summed E-state index contributed by atoms with van der Waals surface area (Å²) >= 11 is 0. The van der Waals surface area contributed by atoms with Crippen molar-refractivity contribution in [2.45, 2.75) is 19.6 Å². The first kappa shape index (κ1) is 19.8. The number of alkyl halides is 3. The molecule has 7 heteroatoms. The van der Waals surface area contributed by atoms with Crippen molar-refractivity contribution in [2.24, 2.45) is 0 Å². The highest BCUT2D eigenvalue weighted by Crippen LogP contribution is 2.29. The van der Waals surface area contributed by atoms with E-state index in [1.165, 1.54) is 13.2 Å². The summed E-state index contributed by atoms with van der Waals surface area (Å²) in [6, 6.07) is 10.5. The van der Waals surface area contributed by atoms with Gasteiger partial charge in [0.05, 0.1) is 24.9 Å². The van der Waals surface area contributed by atoms with Gasteiger partial charge in [0.25, 0.3) is 0 Å². The smallest absolute Gasteiger partial charge is 0.416 e. The fraction of sp³-hybridized carbons (Fsp3) is 0.316. The number of carbonyl (C=O) groups is 1. The van der Waals surface area contributed by atoms with Gasteiger partial charge in [0.15, 0.2) is 0 Å². The van der Waals surface area contributed by atoms with E-state index in [0.29, 0.717) is 17.0 Å². The Hall–Kier alpha value is -2.54. The van der Waals surface area contributed by atoms with Crippen LogP contribution in [-0.2, 0) is 17.5 Å². The zero-order valence-electron chi connectivity index (χ0n) is 14.9. The maximum Gasteiger partial charge on any atom is 0.416 e. The van der Waals surface area contributed by atoms with Crippen LogP contribution in [0.15, 0.2) is 42.5 Å². The lowest BCUT2D eigenvalue weighted by Gasteiger charge is -2.18. The maximum atomic E-state index is 12.8. The van der Waals surface area contributed by atoms with Gasteiger partial charge in [0.1, 0.15) is 5.75 Å². The Kier molecular flexibility index (Phi) is 6.26. The number of amides is 1. The molecule has 0 radical (unpaired) electrons. The Morgan fingerprint density at radius 3 is 2.58 bits per heavy atom. The Labute approximate surface area is 150 Å². The molecule has 0 saturated heterocycles. The van der Waals surface area contributed by atoms with Crippen LogP contribution in [0, 0.1) is 6.92 Å². The van der Waals surface area contributed by atoms with E-state index in [1.54, 1.807) is 30.1 Å². The number of nitrogens with one attached hydrogen (secondary N) is 1. The van der Waals surface area contributed by atoms with Crippen LogP contribution in [0.25, 0.3) is 0 Å². The van der Waals surface area contributed by atoms with E-state index < -0.39 is 11.7 Å². The number of likely N-dealkylation sites (N-methyl/N-ethyl adjacent to an activating group) is 1. The number of halogens is 3. The first-order valence-corrected chi connectivity index (χ1v) is 7.98. The zero-order chi connectivity index (χ0) is 19.3. The summed E-state index contributed by atoms with van der Waals surface area (Å²) in [4.78, 5) is 13.9. The molecule has 0 heterocycles. The van der Waals surface area contributed by atoms with Crippen LogP contribution in [0.1, 0.15) is 16.7 Å².